The predicted octanol–water partition coefficient (Wildman–Crippen LogP) is 0.560. The molecule has 0 aliphatic rings. The number of aliphatic hydroxyl groups excluding tert-OH is 1. The molecule has 98 valence electrons. The SMILES string of the molecule is O=C(NCCO)c1cccc(-n2ccccc2=O)c1. The summed E-state index contributed by atoms with van der Waals surface area (Å²) in [6.45, 7) is 0.0952. The van der Waals surface area contributed by atoms with E-state index in [2.05, 4.69) is 5.32 Å². The second-order valence-electron chi connectivity index (χ2n) is 3.94. The maximum atomic E-state index is 11.8. The minimum atomic E-state index is -0.278. The highest BCUT2D eigenvalue weighted by Crippen LogP contribution is 2.08. The van der Waals surface area contributed by atoms with E-state index in [0.717, 1.165) is 0 Å². The lowest BCUT2D eigenvalue weighted by Gasteiger charge is -2.07. The number of hydrogen-bond donors (Lipinski definition) is 2. The fraction of sp³-hybridized carbons (Fsp3) is 0.143. The zero-order chi connectivity index (χ0) is 13.7. The van der Waals surface area contributed by atoms with Gasteiger partial charge in [0, 0.05) is 30.1 Å². The molecule has 19 heavy (non-hydrogen) atoms. The molecule has 5 nitrogen and oxygen atoms in total. The molecular formula is C14H14N2O3. The first-order valence-corrected chi connectivity index (χ1v) is 5.89. The van der Waals surface area contributed by atoms with Crippen LogP contribution in [0, 0.1) is 0 Å². The molecule has 0 fully saturated rings. The molecule has 0 aliphatic heterocycles. The molecule has 0 saturated carbocycles. The van der Waals surface area contributed by atoms with Crippen LogP contribution < -0.4 is 10.9 Å². The van der Waals surface area contributed by atoms with E-state index in [-0.39, 0.29) is 24.6 Å². The Morgan fingerprint density at radius 2 is 2.05 bits per heavy atom. The number of benzene rings is 1. The number of hydrogen-bond acceptors (Lipinski definition) is 3. The maximum Gasteiger partial charge on any atom is 0.255 e. The van der Waals surface area contributed by atoms with Crippen LogP contribution in [-0.4, -0.2) is 28.7 Å². The van der Waals surface area contributed by atoms with E-state index in [9.17, 15) is 9.59 Å². The summed E-state index contributed by atoms with van der Waals surface area (Å²) in [5.74, 6) is -0.278. The van der Waals surface area contributed by atoms with Gasteiger partial charge in [0.05, 0.1) is 6.61 Å². The standard InChI is InChI=1S/C14H14N2O3/c17-9-7-15-14(19)11-4-3-5-12(10-11)16-8-2-1-6-13(16)18/h1-6,8,10,17H,7,9H2,(H,15,19). The lowest BCUT2D eigenvalue weighted by atomic mass is 10.2. The Hall–Kier alpha value is -2.40. The molecule has 0 unspecified atom stereocenters. The quantitative estimate of drug-likeness (QED) is 0.841. The van der Waals surface area contributed by atoms with E-state index >= 15 is 0 Å². The lowest BCUT2D eigenvalue weighted by molar-refractivity contribution is 0.0944. The van der Waals surface area contributed by atoms with Gasteiger partial charge in [-0.2, -0.15) is 0 Å². The van der Waals surface area contributed by atoms with Crippen LogP contribution in [0.1, 0.15) is 10.4 Å². The van der Waals surface area contributed by atoms with Crippen molar-refractivity contribution < 1.29 is 9.90 Å². The lowest BCUT2D eigenvalue weighted by Crippen LogP contribution is -2.26. The van der Waals surface area contributed by atoms with E-state index in [4.69, 9.17) is 5.11 Å². The first-order chi connectivity index (χ1) is 9.22. The monoisotopic (exact) mass is 258 g/mol. The van der Waals surface area contributed by atoms with Crippen LogP contribution in [0.15, 0.2) is 53.5 Å². The van der Waals surface area contributed by atoms with Crippen molar-refractivity contribution in [2.24, 2.45) is 0 Å². The molecule has 0 spiro atoms. The molecule has 5 heteroatoms. The minimum absolute atomic E-state index is 0.108. The van der Waals surface area contributed by atoms with Gasteiger partial charge < -0.3 is 10.4 Å². The molecule has 1 amide bonds. The van der Waals surface area contributed by atoms with E-state index < -0.39 is 0 Å². The molecule has 0 aliphatic carbocycles. The summed E-state index contributed by atoms with van der Waals surface area (Å²) in [5, 5.41) is 11.2. The molecule has 0 bridgehead atoms. The number of aliphatic hydroxyl groups is 1. The largest absolute Gasteiger partial charge is 0.395 e. The maximum absolute atomic E-state index is 11.8. The summed E-state index contributed by atoms with van der Waals surface area (Å²) in [6, 6.07) is 11.6. The minimum Gasteiger partial charge on any atom is -0.395 e. The van der Waals surface area contributed by atoms with Crippen molar-refractivity contribution in [3.8, 4) is 5.69 Å². The van der Waals surface area contributed by atoms with Gasteiger partial charge in [-0.15, -0.1) is 0 Å². The van der Waals surface area contributed by atoms with Crippen LogP contribution in [0.2, 0.25) is 0 Å². The van der Waals surface area contributed by atoms with Gasteiger partial charge >= 0.3 is 0 Å². The molecule has 1 aromatic carbocycles. The molecule has 1 aromatic heterocycles. The highest BCUT2D eigenvalue weighted by Gasteiger charge is 2.06. The van der Waals surface area contributed by atoms with Gasteiger partial charge in [-0.25, -0.2) is 0 Å². The van der Waals surface area contributed by atoms with Crippen molar-refractivity contribution in [1.82, 2.24) is 9.88 Å². The highest BCUT2D eigenvalue weighted by molar-refractivity contribution is 5.94. The summed E-state index contributed by atoms with van der Waals surface area (Å²) in [4.78, 5) is 23.5. The molecule has 0 radical (unpaired) electrons. The van der Waals surface area contributed by atoms with Crippen molar-refractivity contribution in [1.29, 1.82) is 0 Å². The van der Waals surface area contributed by atoms with Crippen LogP contribution >= 0.6 is 0 Å². The summed E-state index contributed by atoms with van der Waals surface area (Å²) in [6.07, 6.45) is 1.65. The third-order valence-corrected chi connectivity index (χ3v) is 2.61. The van der Waals surface area contributed by atoms with Crippen molar-refractivity contribution in [3.05, 3.63) is 64.6 Å². The zero-order valence-electron chi connectivity index (χ0n) is 10.2. The molecule has 2 rings (SSSR count). The topological polar surface area (TPSA) is 71.3 Å². The molecule has 2 N–H and O–H groups in total. The van der Waals surface area contributed by atoms with Crippen molar-refractivity contribution in [2.75, 3.05) is 13.2 Å². The van der Waals surface area contributed by atoms with Gasteiger partial charge in [0.1, 0.15) is 0 Å². The van der Waals surface area contributed by atoms with Gasteiger partial charge in [-0.3, -0.25) is 14.2 Å². The first kappa shape index (κ1) is 13.0. The average Bonchev–Trinajstić information content (AvgIpc) is 2.45. The zero-order valence-corrected chi connectivity index (χ0v) is 10.2. The third-order valence-electron chi connectivity index (χ3n) is 2.61. The summed E-state index contributed by atoms with van der Waals surface area (Å²) in [7, 11) is 0. The average molecular weight is 258 g/mol. The number of rotatable bonds is 4. The van der Waals surface area contributed by atoms with Crippen LogP contribution in [0.25, 0.3) is 5.69 Å². The predicted molar refractivity (Wildman–Crippen MR) is 71.5 cm³/mol. The van der Waals surface area contributed by atoms with Crippen LogP contribution in [0.4, 0.5) is 0 Å². The second-order valence-corrected chi connectivity index (χ2v) is 3.94. The Kier molecular flexibility index (Phi) is 4.10. The summed E-state index contributed by atoms with van der Waals surface area (Å²) < 4.78 is 1.46. The van der Waals surface area contributed by atoms with E-state index in [1.165, 1.54) is 10.6 Å². The van der Waals surface area contributed by atoms with Gasteiger partial charge in [-0.1, -0.05) is 12.1 Å². The molecule has 2 aromatic rings. The Labute approximate surface area is 110 Å². The summed E-state index contributed by atoms with van der Waals surface area (Å²) >= 11 is 0. The number of aromatic nitrogens is 1. The van der Waals surface area contributed by atoms with Crippen LogP contribution in [0.5, 0.6) is 0 Å². The van der Waals surface area contributed by atoms with E-state index in [1.807, 2.05) is 0 Å². The fourth-order valence-corrected chi connectivity index (χ4v) is 1.71. The van der Waals surface area contributed by atoms with Crippen LogP contribution in [-0.2, 0) is 0 Å². The number of carbonyl (C=O) groups is 1. The Morgan fingerprint density at radius 3 is 2.79 bits per heavy atom. The normalized spacial score (nSPS) is 10.2. The fourth-order valence-electron chi connectivity index (χ4n) is 1.71. The Morgan fingerprint density at radius 1 is 1.21 bits per heavy atom. The van der Waals surface area contributed by atoms with Crippen molar-refractivity contribution in [2.45, 2.75) is 0 Å². The molecule has 1 heterocycles. The van der Waals surface area contributed by atoms with Gasteiger partial charge in [0.15, 0.2) is 0 Å². The van der Waals surface area contributed by atoms with Crippen molar-refractivity contribution in [3.63, 3.8) is 0 Å². The number of pyridine rings is 1. The van der Waals surface area contributed by atoms with Crippen molar-refractivity contribution >= 4 is 5.91 Å². The highest BCUT2D eigenvalue weighted by atomic mass is 16.3. The van der Waals surface area contributed by atoms with Crippen LogP contribution in [0.3, 0.4) is 0 Å². The first-order valence-electron chi connectivity index (χ1n) is 5.89. The van der Waals surface area contributed by atoms with Gasteiger partial charge in [0.25, 0.3) is 11.5 Å². The number of nitrogens with zero attached hydrogens (tertiary/aromatic N) is 1. The Balaban J connectivity index is 2.32. The number of nitrogens with one attached hydrogen (secondary N) is 1. The second kappa shape index (κ2) is 5.97. The molecular weight excluding hydrogens is 244 g/mol. The molecule has 0 saturated heterocycles. The summed E-state index contributed by atoms with van der Waals surface area (Å²) in [5.41, 5.74) is 0.916. The van der Waals surface area contributed by atoms with E-state index in [0.29, 0.717) is 11.3 Å². The molecule has 0 atom stereocenters. The smallest absolute Gasteiger partial charge is 0.255 e. The van der Waals surface area contributed by atoms with E-state index in [1.54, 1.807) is 42.6 Å². The third kappa shape index (κ3) is 3.08. The Bertz CT molecular complexity index is 634. The van der Waals surface area contributed by atoms with Gasteiger partial charge in [0.2, 0.25) is 0 Å². The van der Waals surface area contributed by atoms with Gasteiger partial charge in [-0.05, 0) is 24.3 Å². The number of carbonyl (C=O) groups excluding carboxylic acids is 1. The number of amides is 1.